The third kappa shape index (κ3) is 6.66. The number of benzene rings is 3. The Bertz CT molecular complexity index is 961. The summed E-state index contributed by atoms with van der Waals surface area (Å²) in [4.78, 5) is 23.2. The molecule has 0 aliphatic rings. The number of alkyl halides is 1. The van der Waals surface area contributed by atoms with Gasteiger partial charge in [-0.25, -0.2) is 0 Å². The fraction of sp³-hybridized carbons (Fsp3) is 0.208. The van der Waals surface area contributed by atoms with Gasteiger partial charge in [-0.3, -0.25) is 14.9 Å². The topological polar surface area (TPSA) is 86.2 Å². The second kappa shape index (κ2) is 11.1. The highest BCUT2D eigenvalue weighted by Crippen LogP contribution is 2.36. The summed E-state index contributed by atoms with van der Waals surface area (Å²) in [6.45, 7) is 0. The standard InChI is InChI=1S/C24H23ClN2O3S/c25-20(15-17-11-13-21(14-12-17)27(29)30)16-22(26)24(28)31-23(18-7-3-1-4-8-18)19-9-5-2-6-10-19/h1-14,20,22-23H,15-16,26H2. The van der Waals surface area contributed by atoms with Crippen molar-refractivity contribution in [2.24, 2.45) is 5.73 Å². The van der Waals surface area contributed by atoms with Gasteiger partial charge < -0.3 is 5.73 Å². The molecule has 0 radical (unpaired) electrons. The van der Waals surface area contributed by atoms with Crippen molar-refractivity contribution in [2.75, 3.05) is 0 Å². The number of hydrogen-bond donors (Lipinski definition) is 1. The number of thioether (sulfide) groups is 1. The molecular formula is C24H23ClN2O3S. The first-order chi connectivity index (χ1) is 14.9. The predicted molar refractivity (Wildman–Crippen MR) is 126 cm³/mol. The Labute approximate surface area is 190 Å². The van der Waals surface area contributed by atoms with Gasteiger partial charge in [0.25, 0.3) is 5.69 Å². The van der Waals surface area contributed by atoms with Gasteiger partial charge in [-0.15, -0.1) is 11.6 Å². The summed E-state index contributed by atoms with van der Waals surface area (Å²) in [6.07, 6.45) is 0.798. The van der Waals surface area contributed by atoms with Gasteiger partial charge in [-0.2, -0.15) is 0 Å². The van der Waals surface area contributed by atoms with Gasteiger partial charge in [-0.05, 0) is 29.5 Å². The lowest BCUT2D eigenvalue weighted by Gasteiger charge is -2.20. The molecule has 0 saturated heterocycles. The van der Waals surface area contributed by atoms with E-state index < -0.39 is 11.0 Å². The number of carbonyl (C=O) groups is 1. The lowest BCUT2D eigenvalue weighted by atomic mass is 10.0. The molecule has 2 N–H and O–H groups in total. The van der Waals surface area contributed by atoms with E-state index in [1.807, 2.05) is 60.7 Å². The average Bonchev–Trinajstić information content (AvgIpc) is 2.78. The smallest absolute Gasteiger partial charge is 0.269 e. The van der Waals surface area contributed by atoms with Crippen molar-refractivity contribution in [1.29, 1.82) is 0 Å². The maximum atomic E-state index is 12.9. The number of nitro groups is 1. The molecule has 0 amide bonds. The quantitative estimate of drug-likeness (QED) is 0.261. The Balaban J connectivity index is 1.63. The minimum absolute atomic E-state index is 0.0333. The van der Waals surface area contributed by atoms with Crippen molar-refractivity contribution in [2.45, 2.75) is 29.5 Å². The highest BCUT2D eigenvalue weighted by Gasteiger charge is 2.24. The minimum Gasteiger partial charge on any atom is -0.321 e. The number of hydrogen-bond acceptors (Lipinski definition) is 5. The number of carbonyl (C=O) groups excluding carboxylic acids is 1. The van der Waals surface area contributed by atoms with Gasteiger partial charge in [0, 0.05) is 17.5 Å². The second-order valence-electron chi connectivity index (χ2n) is 7.21. The van der Waals surface area contributed by atoms with Crippen LogP contribution in [0.25, 0.3) is 0 Å². The molecule has 0 bridgehead atoms. The molecular weight excluding hydrogens is 432 g/mol. The van der Waals surface area contributed by atoms with E-state index in [2.05, 4.69) is 0 Å². The number of halogens is 1. The van der Waals surface area contributed by atoms with Crippen molar-refractivity contribution in [3.8, 4) is 0 Å². The SMILES string of the molecule is NC(CC(Cl)Cc1ccc([N+](=O)[O-])cc1)C(=O)SC(c1ccccc1)c1ccccc1. The van der Waals surface area contributed by atoms with Crippen LogP contribution in [0.5, 0.6) is 0 Å². The molecule has 0 fully saturated rings. The van der Waals surface area contributed by atoms with Gasteiger partial charge in [0.1, 0.15) is 0 Å². The Kier molecular flexibility index (Phi) is 8.23. The number of nitrogens with two attached hydrogens (primary N) is 1. The first-order valence-electron chi connectivity index (χ1n) is 9.87. The summed E-state index contributed by atoms with van der Waals surface area (Å²) in [7, 11) is 0. The van der Waals surface area contributed by atoms with Crippen molar-refractivity contribution < 1.29 is 9.72 Å². The zero-order valence-electron chi connectivity index (χ0n) is 16.8. The van der Waals surface area contributed by atoms with Crippen molar-refractivity contribution in [3.05, 3.63) is 112 Å². The molecule has 0 aromatic heterocycles. The maximum absolute atomic E-state index is 12.9. The summed E-state index contributed by atoms with van der Waals surface area (Å²) in [6, 6.07) is 25.3. The van der Waals surface area contributed by atoms with Crippen LogP contribution in [-0.2, 0) is 11.2 Å². The Morgan fingerprint density at radius 1 is 0.935 bits per heavy atom. The van der Waals surface area contributed by atoms with Crippen LogP contribution in [0.2, 0.25) is 0 Å². The van der Waals surface area contributed by atoms with E-state index in [9.17, 15) is 14.9 Å². The second-order valence-corrected chi connectivity index (χ2v) is 8.93. The molecule has 2 unspecified atom stereocenters. The number of nitro benzene ring substituents is 1. The number of rotatable bonds is 9. The number of non-ortho nitro benzene ring substituents is 1. The molecule has 7 heteroatoms. The molecule has 5 nitrogen and oxygen atoms in total. The van der Waals surface area contributed by atoms with Gasteiger partial charge >= 0.3 is 0 Å². The van der Waals surface area contributed by atoms with E-state index in [0.717, 1.165) is 16.7 Å². The van der Waals surface area contributed by atoms with Crippen LogP contribution < -0.4 is 5.73 Å². The molecule has 0 heterocycles. The average molecular weight is 455 g/mol. The van der Waals surface area contributed by atoms with Gasteiger partial charge in [-0.1, -0.05) is 84.6 Å². The van der Waals surface area contributed by atoms with Crippen LogP contribution >= 0.6 is 23.4 Å². The number of nitrogens with zero attached hydrogens (tertiary/aromatic N) is 1. The van der Waals surface area contributed by atoms with E-state index in [1.54, 1.807) is 12.1 Å². The molecule has 0 aliphatic carbocycles. The third-order valence-corrected chi connectivity index (χ3v) is 6.50. The monoisotopic (exact) mass is 454 g/mol. The largest absolute Gasteiger partial charge is 0.321 e. The Hall–Kier alpha value is -2.67. The van der Waals surface area contributed by atoms with Crippen molar-refractivity contribution in [1.82, 2.24) is 0 Å². The lowest BCUT2D eigenvalue weighted by molar-refractivity contribution is -0.384. The van der Waals surface area contributed by atoms with Crippen molar-refractivity contribution >= 4 is 34.2 Å². The summed E-state index contributed by atoms with van der Waals surface area (Å²) in [5, 5.41) is 10.2. The van der Waals surface area contributed by atoms with Crippen molar-refractivity contribution in [3.63, 3.8) is 0 Å². The van der Waals surface area contributed by atoms with Gasteiger partial charge in [0.15, 0.2) is 0 Å². The maximum Gasteiger partial charge on any atom is 0.269 e. The van der Waals surface area contributed by atoms with E-state index in [1.165, 1.54) is 23.9 Å². The predicted octanol–water partition coefficient (Wildman–Crippen LogP) is 5.51. The lowest BCUT2D eigenvalue weighted by Crippen LogP contribution is -2.32. The fourth-order valence-electron chi connectivity index (χ4n) is 3.25. The van der Waals surface area contributed by atoms with Crippen LogP contribution in [0.1, 0.15) is 28.4 Å². The molecule has 0 saturated carbocycles. The molecule has 3 aromatic rings. The molecule has 0 spiro atoms. The van der Waals surface area contributed by atoms with Crippen LogP contribution in [0.4, 0.5) is 5.69 Å². The van der Waals surface area contributed by atoms with Gasteiger partial charge in [0.2, 0.25) is 5.12 Å². The van der Waals surface area contributed by atoms with Crippen LogP contribution in [0.15, 0.2) is 84.9 Å². The third-order valence-electron chi connectivity index (χ3n) is 4.86. The zero-order valence-corrected chi connectivity index (χ0v) is 18.3. The normalized spacial score (nSPS) is 13.0. The molecule has 31 heavy (non-hydrogen) atoms. The Morgan fingerprint density at radius 3 is 1.94 bits per heavy atom. The van der Waals surface area contributed by atoms with Crippen LogP contribution in [0, 0.1) is 10.1 Å². The zero-order chi connectivity index (χ0) is 22.2. The first-order valence-corrected chi connectivity index (χ1v) is 11.2. The summed E-state index contributed by atoms with van der Waals surface area (Å²) in [5.41, 5.74) is 9.16. The van der Waals surface area contributed by atoms with E-state index >= 15 is 0 Å². The minimum atomic E-state index is -0.708. The van der Waals surface area contributed by atoms with E-state index in [-0.39, 0.29) is 21.4 Å². The molecule has 2 atom stereocenters. The summed E-state index contributed by atoms with van der Waals surface area (Å²) >= 11 is 7.67. The van der Waals surface area contributed by atoms with E-state index in [0.29, 0.717) is 12.8 Å². The van der Waals surface area contributed by atoms with Gasteiger partial charge in [0.05, 0.1) is 16.2 Å². The summed E-state index contributed by atoms with van der Waals surface area (Å²) < 4.78 is 0. The molecule has 3 aromatic carbocycles. The molecule has 0 aliphatic heterocycles. The highest BCUT2D eigenvalue weighted by molar-refractivity contribution is 8.14. The summed E-state index contributed by atoms with van der Waals surface area (Å²) in [5.74, 6) is 0. The van der Waals surface area contributed by atoms with Crippen LogP contribution in [-0.4, -0.2) is 21.5 Å². The van der Waals surface area contributed by atoms with E-state index in [4.69, 9.17) is 17.3 Å². The Morgan fingerprint density at radius 2 is 1.45 bits per heavy atom. The van der Waals surface area contributed by atoms with Crippen LogP contribution in [0.3, 0.4) is 0 Å². The molecule has 160 valence electrons. The highest BCUT2D eigenvalue weighted by atomic mass is 35.5. The first kappa shape index (κ1) is 23.0. The molecule has 3 rings (SSSR count). The fourth-order valence-corrected chi connectivity index (χ4v) is 4.71.